The summed E-state index contributed by atoms with van der Waals surface area (Å²) in [5.41, 5.74) is 3.00. The second kappa shape index (κ2) is 12.0. The third-order valence-electron chi connectivity index (χ3n) is 4.44. The Hall–Kier alpha value is -3.58. The number of methoxy groups -OCH3 is 2. The van der Waals surface area contributed by atoms with E-state index < -0.39 is 0 Å². The van der Waals surface area contributed by atoms with E-state index in [0.29, 0.717) is 22.6 Å². The summed E-state index contributed by atoms with van der Waals surface area (Å²) in [6, 6.07) is 18.7. The van der Waals surface area contributed by atoms with Crippen molar-refractivity contribution in [3.63, 3.8) is 0 Å². The van der Waals surface area contributed by atoms with Crippen molar-refractivity contribution in [2.24, 2.45) is 0 Å². The molecule has 6 heteroatoms. The lowest BCUT2D eigenvalue weighted by Crippen LogP contribution is -1.96. The van der Waals surface area contributed by atoms with Crippen molar-refractivity contribution in [1.82, 2.24) is 0 Å². The molecule has 0 radical (unpaired) electrons. The molecule has 0 aliphatic heterocycles. The van der Waals surface area contributed by atoms with E-state index in [1.807, 2.05) is 60.7 Å². The highest BCUT2D eigenvalue weighted by atomic mass is 32.2. The van der Waals surface area contributed by atoms with Gasteiger partial charge in [-0.1, -0.05) is 47.2 Å². The SMILES string of the molecule is COc1c(C#Cc2ccc(SC(C)=O)cc2)ccc(C#Cc2ccc(SC(C)=O)cc2)c1OC. The van der Waals surface area contributed by atoms with Gasteiger partial charge in [0.05, 0.1) is 25.3 Å². The Bertz CT molecular complexity index is 1220. The minimum Gasteiger partial charge on any atom is -0.492 e. The molecular formula is C28H22O4S2. The van der Waals surface area contributed by atoms with Crippen LogP contribution >= 0.6 is 23.5 Å². The Balaban J connectivity index is 1.86. The standard InChI is InChI=1S/C28H22O4S2/c1-19(29)33-25-15-7-21(8-16-25)5-11-23-13-14-24(28(32-4)27(23)31-3)12-6-22-9-17-26(18-10-22)34-20(2)30/h7-10,13-18H,1-4H3. The lowest BCUT2D eigenvalue weighted by atomic mass is 10.1. The maximum absolute atomic E-state index is 11.2. The fraction of sp³-hybridized carbons (Fsp3) is 0.143. The van der Waals surface area contributed by atoms with Crippen LogP contribution in [0.2, 0.25) is 0 Å². The van der Waals surface area contributed by atoms with Crippen LogP contribution in [0.4, 0.5) is 0 Å². The number of ether oxygens (including phenoxy) is 2. The van der Waals surface area contributed by atoms with Crippen molar-refractivity contribution < 1.29 is 19.1 Å². The van der Waals surface area contributed by atoms with Gasteiger partial charge in [-0.3, -0.25) is 9.59 Å². The van der Waals surface area contributed by atoms with E-state index in [1.165, 1.54) is 37.4 Å². The number of benzene rings is 3. The first-order valence-corrected chi connectivity index (χ1v) is 11.9. The molecule has 3 rings (SSSR count). The van der Waals surface area contributed by atoms with Crippen LogP contribution in [0.25, 0.3) is 0 Å². The lowest BCUT2D eigenvalue weighted by Gasteiger charge is -2.11. The van der Waals surface area contributed by atoms with E-state index in [4.69, 9.17) is 9.47 Å². The number of hydrogen-bond acceptors (Lipinski definition) is 6. The van der Waals surface area contributed by atoms with Crippen molar-refractivity contribution in [3.8, 4) is 35.2 Å². The molecule has 0 fully saturated rings. The summed E-state index contributed by atoms with van der Waals surface area (Å²) in [6.07, 6.45) is 0. The Kier molecular flexibility index (Phi) is 8.87. The maximum Gasteiger partial charge on any atom is 0.190 e. The molecule has 0 spiro atoms. The van der Waals surface area contributed by atoms with E-state index in [2.05, 4.69) is 23.7 Å². The quantitative estimate of drug-likeness (QED) is 0.344. The molecule has 0 atom stereocenters. The van der Waals surface area contributed by atoms with E-state index in [-0.39, 0.29) is 10.2 Å². The molecule has 0 N–H and O–H groups in total. The molecule has 0 bridgehead atoms. The first-order valence-electron chi connectivity index (χ1n) is 10.3. The second-order valence-corrected chi connectivity index (χ2v) is 9.46. The largest absolute Gasteiger partial charge is 0.492 e. The topological polar surface area (TPSA) is 52.6 Å². The van der Waals surface area contributed by atoms with Crippen molar-refractivity contribution >= 4 is 33.8 Å². The van der Waals surface area contributed by atoms with Crippen LogP contribution in [0.1, 0.15) is 36.1 Å². The Morgan fingerprint density at radius 1 is 0.588 bits per heavy atom. The molecule has 34 heavy (non-hydrogen) atoms. The maximum atomic E-state index is 11.2. The molecule has 0 heterocycles. The fourth-order valence-electron chi connectivity index (χ4n) is 2.99. The van der Waals surface area contributed by atoms with Crippen LogP contribution in [0.5, 0.6) is 11.5 Å². The molecule has 0 amide bonds. The smallest absolute Gasteiger partial charge is 0.190 e. The summed E-state index contributed by atoms with van der Waals surface area (Å²) in [7, 11) is 3.14. The first-order chi connectivity index (χ1) is 16.4. The average Bonchev–Trinajstić information content (AvgIpc) is 2.82. The molecule has 3 aromatic carbocycles. The number of rotatable bonds is 4. The van der Waals surface area contributed by atoms with Crippen molar-refractivity contribution in [3.05, 3.63) is 82.9 Å². The van der Waals surface area contributed by atoms with Gasteiger partial charge < -0.3 is 9.47 Å². The van der Waals surface area contributed by atoms with Crippen LogP contribution < -0.4 is 9.47 Å². The molecule has 0 saturated heterocycles. The minimum absolute atomic E-state index is 0.0443. The molecule has 0 aliphatic rings. The Morgan fingerprint density at radius 2 is 0.941 bits per heavy atom. The van der Waals surface area contributed by atoms with Gasteiger partial charge in [0.25, 0.3) is 0 Å². The molecule has 0 saturated carbocycles. The molecule has 0 aromatic heterocycles. The van der Waals surface area contributed by atoms with Crippen molar-refractivity contribution in [2.45, 2.75) is 23.6 Å². The third-order valence-corrected chi connectivity index (χ3v) is 6.03. The van der Waals surface area contributed by atoms with Crippen LogP contribution in [-0.2, 0) is 9.59 Å². The zero-order chi connectivity index (χ0) is 24.5. The second-order valence-electron chi connectivity index (χ2n) is 6.96. The van der Waals surface area contributed by atoms with E-state index in [1.54, 1.807) is 14.2 Å². The summed E-state index contributed by atoms with van der Waals surface area (Å²) in [4.78, 5) is 24.2. The van der Waals surface area contributed by atoms with Crippen molar-refractivity contribution in [1.29, 1.82) is 0 Å². The lowest BCUT2D eigenvalue weighted by molar-refractivity contribution is -0.109. The summed E-state index contributed by atoms with van der Waals surface area (Å²) in [6.45, 7) is 3.08. The van der Waals surface area contributed by atoms with Gasteiger partial charge in [0.2, 0.25) is 0 Å². The monoisotopic (exact) mass is 486 g/mol. The summed E-state index contributed by atoms with van der Waals surface area (Å²) in [5, 5.41) is 0.0886. The van der Waals surface area contributed by atoms with Gasteiger partial charge in [-0.05, 0) is 60.7 Å². The molecule has 3 aromatic rings. The van der Waals surface area contributed by atoms with Crippen LogP contribution in [0, 0.1) is 23.7 Å². The average molecular weight is 487 g/mol. The molecule has 170 valence electrons. The van der Waals surface area contributed by atoms with Crippen LogP contribution in [-0.4, -0.2) is 24.5 Å². The first kappa shape index (κ1) is 25.1. The predicted octanol–water partition coefficient (Wildman–Crippen LogP) is 5.78. The van der Waals surface area contributed by atoms with Gasteiger partial charge in [0, 0.05) is 34.8 Å². The van der Waals surface area contributed by atoms with Gasteiger partial charge in [0.1, 0.15) is 0 Å². The Labute approximate surface area is 208 Å². The van der Waals surface area contributed by atoms with E-state index >= 15 is 0 Å². The van der Waals surface area contributed by atoms with Crippen LogP contribution in [0.3, 0.4) is 0 Å². The zero-order valence-corrected chi connectivity index (χ0v) is 20.9. The summed E-state index contributed by atoms with van der Waals surface area (Å²) in [5.74, 6) is 13.5. The van der Waals surface area contributed by atoms with Crippen LogP contribution in [0.15, 0.2) is 70.5 Å². The van der Waals surface area contributed by atoms with E-state index in [9.17, 15) is 9.59 Å². The highest BCUT2D eigenvalue weighted by molar-refractivity contribution is 8.13. The Morgan fingerprint density at radius 3 is 1.24 bits per heavy atom. The predicted molar refractivity (Wildman–Crippen MR) is 137 cm³/mol. The molecule has 4 nitrogen and oxygen atoms in total. The highest BCUT2D eigenvalue weighted by Crippen LogP contribution is 2.34. The zero-order valence-electron chi connectivity index (χ0n) is 19.2. The number of hydrogen-bond donors (Lipinski definition) is 0. The van der Waals surface area contributed by atoms with E-state index in [0.717, 1.165) is 20.9 Å². The van der Waals surface area contributed by atoms with Gasteiger partial charge in [-0.25, -0.2) is 0 Å². The van der Waals surface area contributed by atoms with Gasteiger partial charge >= 0.3 is 0 Å². The summed E-state index contributed by atoms with van der Waals surface area (Å²) >= 11 is 2.38. The van der Waals surface area contributed by atoms with Gasteiger partial charge in [0.15, 0.2) is 21.7 Å². The molecular weight excluding hydrogens is 464 g/mol. The molecule has 0 unspecified atom stereocenters. The highest BCUT2D eigenvalue weighted by Gasteiger charge is 2.13. The number of thioether (sulfide) groups is 2. The third kappa shape index (κ3) is 6.96. The number of carbonyl (C=O) groups is 2. The van der Waals surface area contributed by atoms with Gasteiger partial charge in [-0.2, -0.15) is 0 Å². The normalized spacial score (nSPS) is 9.76. The molecule has 0 aliphatic carbocycles. The number of carbonyl (C=O) groups excluding carboxylic acids is 2. The van der Waals surface area contributed by atoms with Crippen molar-refractivity contribution in [2.75, 3.05) is 14.2 Å². The summed E-state index contributed by atoms with van der Waals surface area (Å²) < 4.78 is 11.2. The minimum atomic E-state index is 0.0443. The fourth-order valence-corrected chi connectivity index (χ4v) is 4.20. The van der Waals surface area contributed by atoms with Gasteiger partial charge in [-0.15, -0.1) is 0 Å².